The Hall–Kier alpha value is -3.14. The number of carboxylic acid groups (broad SMARTS) is 1. The van der Waals surface area contributed by atoms with Gasteiger partial charge in [-0.3, -0.25) is 14.6 Å². The van der Waals surface area contributed by atoms with E-state index in [1.54, 1.807) is 13.0 Å². The monoisotopic (exact) mass is 531 g/mol. The predicted molar refractivity (Wildman–Crippen MR) is 139 cm³/mol. The van der Waals surface area contributed by atoms with E-state index in [0.717, 1.165) is 11.1 Å². The summed E-state index contributed by atoms with van der Waals surface area (Å²) >= 11 is 6.39. The molecular formula is C26H34ClN5O5. The Labute approximate surface area is 220 Å². The van der Waals surface area contributed by atoms with Crippen molar-refractivity contribution in [3.8, 4) is 5.75 Å². The van der Waals surface area contributed by atoms with Gasteiger partial charge in [0.05, 0.1) is 18.1 Å². The zero-order valence-corrected chi connectivity index (χ0v) is 22.3. The summed E-state index contributed by atoms with van der Waals surface area (Å²) < 4.78 is 6.56. The Morgan fingerprint density at radius 3 is 2.73 bits per heavy atom. The average molecular weight is 532 g/mol. The molecule has 2 aromatic heterocycles. The third kappa shape index (κ3) is 5.44. The minimum Gasteiger partial charge on any atom is -0.479 e. The molecule has 0 radical (unpaired) electrons. The lowest BCUT2D eigenvalue weighted by Gasteiger charge is -2.62. The van der Waals surface area contributed by atoms with Crippen LogP contribution in [0.3, 0.4) is 0 Å². The van der Waals surface area contributed by atoms with Gasteiger partial charge in [-0.15, -0.1) is 0 Å². The van der Waals surface area contributed by atoms with E-state index in [1.807, 2.05) is 0 Å². The number of rotatable bonds is 10. The highest BCUT2D eigenvalue weighted by Crippen LogP contribution is 2.61. The van der Waals surface area contributed by atoms with Gasteiger partial charge >= 0.3 is 5.97 Å². The number of pyridine rings is 1. The van der Waals surface area contributed by atoms with Gasteiger partial charge in [-0.25, -0.2) is 9.48 Å². The third-order valence-electron chi connectivity index (χ3n) is 8.23. The number of carbonyl (C=O) groups excluding carboxylic acids is 1. The van der Waals surface area contributed by atoms with Gasteiger partial charge in [0, 0.05) is 24.3 Å². The zero-order chi connectivity index (χ0) is 26.9. The van der Waals surface area contributed by atoms with E-state index in [2.05, 4.69) is 41.5 Å². The number of hydrogen-bond acceptors (Lipinski definition) is 7. The molecule has 0 spiro atoms. The van der Waals surface area contributed by atoms with E-state index < -0.39 is 23.5 Å². The smallest absolute Gasteiger partial charge is 0.344 e. The fourth-order valence-electron chi connectivity index (χ4n) is 5.73. The van der Waals surface area contributed by atoms with Crippen molar-refractivity contribution in [2.45, 2.75) is 72.2 Å². The van der Waals surface area contributed by atoms with Gasteiger partial charge in [-0.1, -0.05) is 39.3 Å². The molecule has 0 aliphatic heterocycles. The molecule has 200 valence electrons. The van der Waals surface area contributed by atoms with Crippen LogP contribution in [0.4, 0.5) is 5.69 Å². The molecule has 10 nitrogen and oxygen atoms in total. The van der Waals surface area contributed by atoms with E-state index >= 15 is 0 Å². The first-order chi connectivity index (χ1) is 17.5. The van der Waals surface area contributed by atoms with E-state index in [1.165, 1.54) is 25.0 Å². The van der Waals surface area contributed by atoms with Crippen molar-refractivity contribution in [1.82, 2.24) is 20.1 Å². The van der Waals surface area contributed by atoms with Crippen LogP contribution >= 0.6 is 11.6 Å². The number of carbonyl (C=O) groups is 2. The summed E-state index contributed by atoms with van der Waals surface area (Å²) in [6.07, 6.45) is 5.95. The second-order valence-corrected chi connectivity index (χ2v) is 11.0. The Morgan fingerprint density at radius 2 is 2.08 bits per heavy atom. The van der Waals surface area contributed by atoms with Gasteiger partial charge in [0.1, 0.15) is 17.3 Å². The predicted octanol–water partition coefficient (Wildman–Crippen LogP) is 3.33. The van der Waals surface area contributed by atoms with Crippen molar-refractivity contribution in [1.29, 1.82) is 0 Å². The number of hydrogen-bond donors (Lipinski definition) is 3. The molecule has 3 fully saturated rings. The quantitative estimate of drug-likeness (QED) is 0.425. The van der Waals surface area contributed by atoms with Crippen molar-refractivity contribution in [3.63, 3.8) is 0 Å². The molecule has 0 saturated heterocycles. The van der Waals surface area contributed by atoms with E-state index in [-0.39, 0.29) is 36.3 Å². The summed E-state index contributed by atoms with van der Waals surface area (Å²) in [4.78, 5) is 40.7. The number of aromatic nitrogens is 3. The van der Waals surface area contributed by atoms with Crippen molar-refractivity contribution in [2.24, 2.45) is 23.2 Å². The first kappa shape index (κ1) is 26.9. The summed E-state index contributed by atoms with van der Waals surface area (Å²) in [5.74, 6) is 0.481. The van der Waals surface area contributed by atoms with Gasteiger partial charge in [0.2, 0.25) is 5.91 Å². The Bertz CT molecular complexity index is 1230. The number of fused-ring (bicyclic) bond motifs is 2. The number of nitrogens with one attached hydrogen (secondary N) is 2. The van der Waals surface area contributed by atoms with E-state index in [4.69, 9.17) is 16.3 Å². The standard InChI is InChI=1S/C26H34ClN5O5/c1-5-20(25(35)36)37-21-12-28-7-6-15(21)10-29-22(33)13-32-24(34)23(27)19(11-30-32)31-18-9-16-8-17(14(18)2)26(16,3)4/h6-7,11-12,14,16-18,20,31H,5,8-10,13H2,1-4H3,(H,29,33)(H,35,36)/t14-,16+,17-,18-,20?/m1/s1. The fourth-order valence-corrected chi connectivity index (χ4v) is 5.93. The third-order valence-corrected chi connectivity index (χ3v) is 8.60. The average Bonchev–Trinajstić information content (AvgIpc) is 2.86. The van der Waals surface area contributed by atoms with Crippen LogP contribution in [-0.4, -0.2) is 43.9 Å². The van der Waals surface area contributed by atoms with Crippen molar-refractivity contribution in [3.05, 3.63) is 45.6 Å². The maximum atomic E-state index is 12.8. The molecule has 5 atom stereocenters. The first-order valence-corrected chi connectivity index (χ1v) is 13.0. The van der Waals surface area contributed by atoms with Crippen molar-refractivity contribution < 1.29 is 19.4 Å². The van der Waals surface area contributed by atoms with Crippen LogP contribution < -0.4 is 20.9 Å². The van der Waals surface area contributed by atoms with Gasteiger partial charge in [-0.2, -0.15) is 5.10 Å². The first-order valence-electron chi connectivity index (χ1n) is 12.6. The highest BCUT2D eigenvalue weighted by Gasteiger charge is 2.56. The number of ether oxygens (including phenoxy) is 1. The topological polar surface area (TPSA) is 135 Å². The molecule has 37 heavy (non-hydrogen) atoms. The summed E-state index contributed by atoms with van der Waals surface area (Å²) in [5, 5.41) is 19.6. The lowest BCUT2D eigenvalue weighted by atomic mass is 9.45. The summed E-state index contributed by atoms with van der Waals surface area (Å²) in [7, 11) is 0. The minimum atomic E-state index is -1.08. The zero-order valence-electron chi connectivity index (χ0n) is 21.5. The van der Waals surface area contributed by atoms with E-state index in [0.29, 0.717) is 34.4 Å². The van der Waals surface area contributed by atoms with Crippen LogP contribution in [-0.2, 0) is 22.7 Å². The molecule has 11 heteroatoms. The highest BCUT2D eigenvalue weighted by atomic mass is 35.5. The molecule has 1 unspecified atom stereocenters. The Morgan fingerprint density at radius 1 is 1.32 bits per heavy atom. The maximum Gasteiger partial charge on any atom is 0.344 e. The SMILES string of the molecule is CCC(Oc1cnccc1CNC(=O)Cn1ncc(N[C@@H]2C[C@@H]3C[C@H]([C@H]2C)C3(C)C)c(Cl)c1=O)C(=O)O. The molecule has 5 rings (SSSR count). The van der Waals surface area contributed by atoms with Crippen LogP contribution in [0.15, 0.2) is 29.5 Å². The molecule has 3 aliphatic carbocycles. The normalized spacial score (nSPS) is 24.5. The fraction of sp³-hybridized carbons (Fsp3) is 0.577. The molecular weight excluding hydrogens is 498 g/mol. The second kappa shape index (κ2) is 10.7. The van der Waals surface area contributed by atoms with Crippen LogP contribution in [0.25, 0.3) is 0 Å². The highest BCUT2D eigenvalue weighted by molar-refractivity contribution is 6.32. The molecule has 3 saturated carbocycles. The number of nitrogens with zero attached hydrogens (tertiary/aromatic N) is 3. The van der Waals surface area contributed by atoms with Crippen LogP contribution in [0, 0.1) is 23.2 Å². The number of amides is 1. The maximum absolute atomic E-state index is 12.8. The van der Waals surface area contributed by atoms with Crippen LogP contribution in [0.2, 0.25) is 5.02 Å². The van der Waals surface area contributed by atoms with Crippen LogP contribution in [0.5, 0.6) is 5.75 Å². The number of carboxylic acids is 1. The van der Waals surface area contributed by atoms with Gasteiger partial charge < -0.3 is 20.5 Å². The molecule has 2 bridgehead atoms. The van der Waals surface area contributed by atoms with Gasteiger partial charge in [0.25, 0.3) is 5.56 Å². The largest absolute Gasteiger partial charge is 0.479 e. The van der Waals surface area contributed by atoms with Crippen molar-refractivity contribution in [2.75, 3.05) is 5.32 Å². The molecule has 0 aromatic carbocycles. The molecule has 2 aromatic rings. The van der Waals surface area contributed by atoms with E-state index in [9.17, 15) is 19.5 Å². The minimum absolute atomic E-state index is 0.0117. The Kier molecular flexibility index (Phi) is 7.77. The van der Waals surface area contributed by atoms with Crippen LogP contribution in [0.1, 0.15) is 52.5 Å². The summed E-state index contributed by atoms with van der Waals surface area (Å²) in [6.45, 7) is 8.36. The molecule has 2 heterocycles. The lowest BCUT2D eigenvalue weighted by molar-refractivity contribution is -0.145. The second-order valence-electron chi connectivity index (χ2n) is 10.7. The summed E-state index contributed by atoms with van der Waals surface area (Å²) in [6, 6.07) is 1.85. The molecule has 3 N–H and O–H groups in total. The lowest BCUT2D eigenvalue weighted by Crippen LogP contribution is -2.58. The van der Waals surface area contributed by atoms with Gasteiger partial charge in [0.15, 0.2) is 6.10 Å². The molecule has 3 aliphatic rings. The van der Waals surface area contributed by atoms with Gasteiger partial charge in [-0.05, 0) is 48.5 Å². The number of anilines is 1. The van der Waals surface area contributed by atoms with Crippen molar-refractivity contribution >= 4 is 29.2 Å². The Balaban J connectivity index is 1.37. The number of halogens is 1. The number of aliphatic carboxylic acids is 1. The summed E-state index contributed by atoms with van der Waals surface area (Å²) in [5.41, 5.74) is 0.856. The molecule has 1 amide bonds.